The van der Waals surface area contributed by atoms with E-state index in [1.54, 1.807) is 18.2 Å². The molecular formula is C23H14Cl2Na2O6. The molecule has 2 aromatic carbocycles. The van der Waals surface area contributed by atoms with Crippen LogP contribution in [0.25, 0.3) is 5.57 Å². The molecule has 10 heteroatoms. The first kappa shape index (κ1) is 29.7. The van der Waals surface area contributed by atoms with Crippen LogP contribution in [0, 0.1) is 6.92 Å². The van der Waals surface area contributed by atoms with Gasteiger partial charge in [-0.25, -0.2) is 4.79 Å². The van der Waals surface area contributed by atoms with Crippen molar-refractivity contribution in [1.82, 2.24) is 0 Å². The summed E-state index contributed by atoms with van der Waals surface area (Å²) in [5.41, 5.74) is 0.349. The number of carboxylic acid groups (broad SMARTS) is 2. The number of aliphatic carboxylic acids is 1. The number of allylic oxidation sites excluding steroid dienone is 4. The Morgan fingerprint density at radius 2 is 1.58 bits per heavy atom. The molecule has 1 aliphatic rings. The minimum Gasteiger partial charge on any atom is -0.872 e. The van der Waals surface area contributed by atoms with Gasteiger partial charge in [-0.3, -0.25) is 4.79 Å². The third-order valence-corrected chi connectivity index (χ3v) is 5.42. The molecule has 0 fully saturated rings. The molecular weight excluding hydrogens is 489 g/mol. The smallest absolute Gasteiger partial charge is 0.872 e. The van der Waals surface area contributed by atoms with Crippen LogP contribution in [0.3, 0.4) is 0 Å². The van der Waals surface area contributed by atoms with Crippen molar-refractivity contribution in [2.75, 3.05) is 0 Å². The molecule has 0 saturated carbocycles. The normalized spacial score (nSPS) is 14.4. The van der Waals surface area contributed by atoms with E-state index in [1.807, 2.05) is 0 Å². The summed E-state index contributed by atoms with van der Waals surface area (Å²) in [5, 5.41) is 33.6. The minimum atomic E-state index is -1.66. The number of carboxylic acids is 2. The number of aryl methyl sites for hydroxylation is 1. The maximum absolute atomic E-state index is 12.3. The molecule has 33 heavy (non-hydrogen) atoms. The van der Waals surface area contributed by atoms with Gasteiger partial charge in [-0.2, -0.15) is 0 Å². The number of ketones is 1. The number of halogens is 2. The largest absolute Gasteiger partial charge is 1.00 e. The van der Waals surface area contributed by atoms with Crippen LogP contribution in [0.1, 0.15) is 34.0 Å². The summed E-state index contributed by atoms with van der Waals surface area (Å²) in [4.78, 5) is 35.3. The van der Waals surface area contributed by atoms with Gasteiger partial charge >= 0.3 is 65.1 Å². The van der Waals surface area contributed by atoms with Crippen molar-refractivity contribution in [3.8, 4) is 5.75 Å². The molecule has 0 spiro atoms. The summed E-state index contributed by atoms with van der Waals surface area (Å²) >= 11 is 12.8. The van der Waals surface area contributed by atoms with Gasteiger partial charge < -0.3 is 20.1 Å². The van der Waals surface area contributed by atoms with E-state index in [9.17, 15) is 29.7 Å². The van der Waals surface area contributed by atoms with Crippen LogP contribution in [0.4, 0.5) is 0 Å². The number of aromatic carboxylic acids is 1. The Morgan fingerprint density at radius 3 is 2.09 bits per heavy atom. The topological polar surface area (TPSA) is 118 Å². The molecule has 0 heterocycles. The molecule has 6 nitrogen and oxygen atoms in total. The Hall–Kier alpha value is -1.35. The van der Waals surface area contributed by atoms with Crippen molar-refractivity contribution in [2.24, 2.45) is 0 Å². The predicted octanol–water partition coefficient (Wildman–Crippen LogP) is -2.91. The first-order chi connectivity index (χ1) is 14.5. The van der Waals surface area contributed by atoms with Crippen LogP contribution >= 0.6 is 23.2 Å². The molecule has 0 aliphatic heterocycles. The fraction of sp³-hybridized carbons (Fsp3) is 0.0870. The van der Waals surface area contributed by atoms with Gasteiger partial charge in [0.05, 0.1) is 11.5 Å². The second kappa shape index (κ2) is 11.9. The molecule has 158 valence electrons. The molecule has 3 rings (SSSR count). The molecule has 2 aromatic rings. The molecule has 0 bridgehead atoms. The molecule has 1 N–H and O–H groups in total. The average molecular weight is 503 g/mol. The first-order valence-electron chi connectivity index (χ1n) is 8.93. The molecule has 0 saturated heterocycles. The van der Waals surface area contributed by atoms with E-state index in [0.29, 0.717) is 5.56 Å². The maximum atomic E-state index is 12.3. The number of carbonyl (C=O) groups excluding carboxylic acids is 2. The Kier molecular flexibility index (Phi) is 10.7. The quantitative estimate of drug-likeness (QED) is 0.353. The van der Waals surface area contributed by atoms with Crippen LogP contribution in [0.5, 0.6) is 5.75 Å². The van der Waals surface area contributed by atoms with Gasteiger partial charge in [0.25, 0.3) is 0 Å². The monoisotopic (exact) mass is 502 g/mol. The summed E-state index contributed by atoms with van der Waals surface area (Å²) in [7, 11) is 0. The van der Waals surface area contributed by atoms with Crippen molar-refractivity contribution in [2.45, 2.75) is 13.8 Å². The zero-order chi connectivity index (χ0) is 23.0. The van der Waals surface area contributed by atoms with Gasteiger partial charge in [0.15, 0.2) is 5.78 Å². The van der Waals surface area contributed by atoms with Crippen LogP contribution in [0.15, 0.2) is 59.2 Å². The number of hydrogen-bond donors (Lipinski definition) is 1. The molecule has 0 amide bonds. The van der Waals surface area contributed by atoms with E-state index in [1.165, 1.54) is 32.1 Å². The molecule has 1 aliphatic carbocycles. The van der Waals surface area contributed by atoms with Crippen molar-refractivity contribution < 1.29 is 88.8 Å². The van der Waals surface area contributed by atoms with Gasteiger partial charge in [0.1, 0.15) is 0 Å². The average Bonchev–Trinajstić information content (AvgIpc) is 2.68. The summed E-state index contributed by atoms with van der Waals surface area (Å²) in [6.07, 6.45) is 2.57. The molecule has 0 aromatic heterocycles. The fourth-order valence-electron chi connectivity index (χ4n) is 3.34. The zero-order valence-corrected chi connectivity index (χ0v) is 23.8. The van der Waals surface area contributed by atoms with Crippen LogP contribution in [-0.4, -0.2) is 22.8 Å². The summed E-state index contributed by atoms with van der Waals surface area (Å²) in [6.45, 7) is 2.90. The second-order valence-electron chi connectivity index (χ2n) is 6.90. The standard InChI is InChI=1S/C23H16Cl2O6.2Na/c1-10-6-12(8-14(20(10)26)22(28)29)18(19-16(24)4-3-5-17(19)25)13-7-11(2)21(27)15(9-13)23(30)31;;/h3-9,26H,1-2H3,(H,28,29)(H,30,31);;/q;2*+1/p-2/b18-13+;;. The van der Waals surface area contributed by atoms with Crippen molar-refractivity contribution >= 4 is 46.5 Å². The zero-order valence-electron chi connectivity index (χ0n) is 18.3. The number of hydrogen-bond acceptors (Lipinski definition) is 5. The van der Waals surface area contributed by atoms with Gasteiger partial charge in [-0.1, -0.05) is 46.6 Å². The van der Waals surface area contributed by atoms with Gasteiger partial charge in [0, 0.05) is 21.2 Å². The summed E-state index contributed by atoms with van der Waals surface area (Å²) in [6, 6.07) is 7.36. The Morgan fingerprint density at radius 1 is 1.00 bits per heavy atom. The van der Waals surface area contributed by atoms with Crippen molar-refractivity contribution in [3.05, 3.63) is 91.5 Å². The van der Waals surface area contributed by atoms with Crippen LogP contribution in [0.2, 0.25) is 10.0 Å². The Labute approximate surface area is 244 Å². The number of carbonyl (C=O) groups is 3. The van der Waals surface area contributed by atoms with Crippen molar-refractivity contribution in [1.29, 1.82) is 0 Å². The molecule has 0 unspecified atom stereocenters. The fourth-order valence-corrected chi connectivity index (χ4v) is 3.93. The second-order valence-corrected chi connectivity index (χ2v) is 7.72. The number of benzene rings is 2. The van der Waals surface area contributed by atoms with E-state index in [2.05, 4.69) is 0 Å². The summed E-state index contributed by atoms with van der Waals surface area (Å²) in [5.74, 6) is -4.43. The van der Waals surface area contributed by atoms with E-state index in [4.69, 9.17) is 23.2 Å². The van der Waals surface area contributed by atoms with E-state index in [0.717, 1.165) is 6.08 Å². The van der Waals surface area contributed by atoms with E-state index in [-0.39, 0.29) is 97.0 Å². The first-order valence-corrected chi connectivity index (χ1v) is 9.68. The Balaban J connectivity index is 0.00000272. The van der Waals surface area contributed by atoms with Gasteiger partial charge in [0.2, 0.25) is 0 Å². The van der Waals surface area contributed by atoms with Crippen LogP contribution < -0.4 is 69.3 Å². The third-order valence-electron chi connectivity index (χ3n) is 4.79. The van der Waals surface area contributed by atoms with E-state index >= 15 is 0 Å². The van der Waals surface area contributed by atoms with Crippen LogP contribution in [-0.2, 0) is 9.59 Å². The third kappa shape index (κ3) is 6.02. The molecule has 0 atom stereocenters. The van der Waals surface area contributed by atoms with Crippen molar-refractivity contribution in [3.63, 3.8) is 0 Å². The van der Waals surface area contributed by atoms with E-state index < -0.39 is 34.6 Å². The summed E-state index contributed by atoms with van der Waals surface area (Å²) < 4.78 is 0. The maximum Gasteiger partial charge on any atom is 1.00 e. The number of Topliss-reactive ketones (excluding diaryl/α,β-unsaturated/α-hetero) is 1. The predicted molar refractivity (Wildman–Crippen MR) is 112 cm³/mol. The minimum absolute atomic E-state index is 0. The van der Waals surface area contributed by atoms with Gasteiger partial charge in [-0.05, 0) is 66.5 Å². The Bertz CT molecular complexity index is 1240. The SMILES string of the molecule is CC1=C/C(=C(/c2cc(C)c([O-])c(C(=O)O)c2)c2c(Cl)cccc2Cl)C=C(C(=O)[O-])C1=O.[Na+].[Na+]. The number of rotatable bonds is 4. The molecule has 0 radical (unpaired) electrons. The van der Waals surface area contributed by atoms with Gasteiger partial charge in [-0.15, -0.1) is 0 Å².